The number of benzene rings is 3. The molecule has 1 N–H and O–H groups in total. The lowest BCUT2D eigenvalue weighted by molar-refractivity contribution is 0.0430. The number of para-hydroxylation sites is 1. The molecule has 7 rings (SSSR count). The summed E-state index contributed by atoms with van der Waals surface area (Å²) < 4.78 is 33.1. The van der Waals surface area contributed by atoms with Crippen molar-refractivity contribution in [2.45, 2.75) is 44.5 Å². The molecule has 236 valence electrons. The number of ether oxygens (including phenoxy) is 3. The summed E-state index contributed by atoms with van der Waals surface area (Å²) in [5, 5.41) is 10.4. The normalized spacial score (nSPS) is 20.9. The number of aromatic carboxylic acids is 1. The molecule has 4 aliphatic rings. The van der Waals surface area contributed by atoms with E-state index in [0.717, 1.165) is 37.7 Å². The molecule has 0 radical (unpaired) electrons. The zero-order valence-corrected chi connectivity index (χ0v) is 26.1. The first kappa shape index (κ1) is 30.1. The first-order chi connectivity index (χ1) is 21.7. The van der Waals surface area contributed by atoms with Crippen LogP contribution in [0, 0.1) is 5.82 Å². The summed E-state index contributed by atoms with van der Waals surface area (Å²) in [6.07, 6.45) is 1.93. The lowest BCUT2D eigenvalue weighted by atomic mass is 9.96. The molecule has 9 nitrogen and oxygen atoms in total. The lowest BCUT2D eigenvalue weighted by Gasteiger charge is -2.40. The van der Waals surface area contributed by atoms with Crippen molar-refractivity contribution >= 4 is 46.5 Å². The summed E-state index contributed by atoms with van der Waals surface area (Å²) in [6.45, 7) is 5.14. The third-order valence-electron chi connectivity index (χ3n) is 9.09. The number of hydrogen-bond donors (Lipinski definition) is 1. The molecule has 2 unspecified atom stereocenters. The molecule has 12 heteroatoms. The number of carbonyl (C=O) groups is 2. The van der Waals surface area contributed by atoms with Crippen LogP contribution in [0.3, 0.4) is 0 Å². The van der Waals surface area contributed by atoms with Gasteiger partial charge < -0.3 is 34.0 Å². The monoisotopic (exact) mass is 655 g/mol. The molecular formula is C33H32Cl2FN3O6. The smallest absolute Gasteiger partial charge is 0.337 e. The van der Waals surface area contributed by atoms with Crippen LogP contribution in [0.4, 0.5) is 15.8 Å². The SMILES string of the molecule is CCOC1CN(c2cc(Cl)c(C(=O)N3COc4c(cccc4-c4cc(N5C6CCC5COC6)c(C(=O)O)cc4F)C3)c(Cl)c2)C1. The number of morpholine rings is 1. The molecule has 0 aromatic heterocycles. The molecule has 4 heterocycles. The molecule has 3 saturated heterocycles. The van der Waals surface area contributed by atoms with Crippen molar-refractivity contribution in [3.8, 4) is 16.9 Å². The maximum atomic E-state index is 15.7. The number of fused-ring (bicyclic) bond motifs is 3. The highest BCUT2D eigenvalue weighted by atomic mass is 35.5. The van der Waals surface area contributed by atoms with Gasteiger partial charge in [0.1, 0.15) is 11.6 Å². The number of nitrogens with zero attached hydrogens (tertiary/aromatic N) is 3. The quantitative estimate of drug-likeness (QED) is 0.327. The number of carboxylic acid groups (broad SMARTS) is 1. The predicted octanol–water partition coefficient (Wildman–Crippen LogP) is 6.08. The second-order valence-electron chi connectivity index (χ2n) is 11.8. The van der Waals surface area contributed by atoms with Gasteiger partial charge in [0.05, 0.1) is 64.8 Å². The summed E-state index contributed by atoms with van der Waals surface area (Å²) in [7, 11) is 0. The van der Waals surface area contributed by atoms with E-state index in [0.29, 0.717) is 42.4 Å². The Balaban J connectivity index is 1.16. The number of anilines is 2. The van der Waals surface area contributed by atoms with Crippen LogP contribution in [0.5, 0.6) is 5.75 Å². The Labute approximate surface area is 270 Å². The highest BCUT2D eigenvalue weighted by Gasteiger charge is 2.40. The van der Waals surface area contributed by atoms with Crippen molar-refractivity contribution in [2.75, 3.05) is 49.4 Å². The Hall–Kier alpha value is -3.57. The molecule has 0 saturated carbocycles. The standard InChI is InChI=1S/C33H32Cl2FN3O6/c1-2-44-22-13-37(14-22)21-8-26(34)30(27(35)9-21)32(40)38-12-18-4-3-5-23(31(18)45-17-38)24-11-29(25(33(41)42)10-28(24)36)39-19-6-7-20(39)16-43-15-19/h3-5,8-11,19-20,22H,2,6-7,12-17H2,1H3,(H,41,42). The second-order valence-corrected chi connectivity index (χ2v) is 12.6. The Bertz CT molecular complexity index is 1640. The Morgan fingerprint density at radius 3 is 2.42 bits per heavy atom. The molecule has 3 aromatic carbocycles. The lowest BCUT2D eigenvalue weighted by Crippen LogP contribution is -2.52. The van der Waals surface area contributed by atoms with Crippen molar-refractivity contribution in [3.05, 3.63) is 75.0 Å². The highest BCUT2D eigenvalue weighted by molar-refractivity contribution is 6.40. The van der Waals surface area contributed by atoms with Gasteiger partial charge in [-0.2, -0.15) is 0 Å². The van der Waals surface area contributed by atoms with Crippen LogP contribution in [-0.2, 0) is 16.0 Å². The van der Waals surface area contributed by atoms with Gasteiger partial charge in [0, 0.05) is 42.1 Å². The van der Waals surface area contributed by atoms with Gasteiger partial charge in [-0.25, -0.2) is 9.18 Å². The molecule has 2 bridgehead atoms. The van der Waals surface area contributed by atoms with E-state index in [1.54, 1.807) is 30.3 Å². The maximum absolute atomic E-state index is 15.7. The number of hydrogen-bond acceptors (Lipinski definition) is 7. The predicted molar refractivity (Wildman–Crippen MR) is 168 cm³/mol. The number of carbonyl (C=O) groups excluding carboxylic acids is 1. The van der Waals surface area contributed by atoms with Crippen molar-refractivity contribution in [1.29, 1.82) is 0 Å². The average molecular weight is 657 g/mol. The largest absolute Gasteiger partial charge is 0.478 e. The van der Waals surface area contributed by atoms with E-state index < -0.39 is 11.8 Å². The van der Waals surface area contributed by atoms with Crippen LogP contribution in [0.2, 0.25) is 10.0 Å². The number of amides is 1. The molecule has 0 spiro atoms. The van der Waals surface area contributed by atoms with Crippen molar-refractivity contribution in [1.82, 2.24) is 4.90 Å². The van der Waals surface area contributed by atoms with E-state index in [2.05, 4.69) is 9.80 Å². The van der Waals surface area contributed by atoms with Crippen LogP contribution >= 0.6 is 23.2 Å². The van der Waals surface area contributed by atoms with Crippen molar-refractivity contribution in [2.24, 2.45) is 0 Å². The Morgan fingerprint density at radius 1 is 1.04 bits per heavy atom. The average Bonchev–Trinajstić information content (AvgIpc) is 3.24. The van der Waals surface area contributed by atoms with Gasteiger partial charge in [0.2, 0.25) is 0 Å². The Kier molecular flexibility index (Phi) is 8.02. The topological polar surface area (TPSA) is 91.8 Å². The zero-order valence-electron chi connectivity index (χ0n) is 24.6. The van der Waals surface area contributed by atoms with E-state index in [1.807, 2.05) is 13.0 Å². The van der Waals surface area contributed by atoms with Gasteiger partial charge in [-0.3, -0.25) is 4.79 Å². The van der Waals surface area contributed by atoms with E-state index in [-0.39, 0.29) is 64.1 Å². The minimum Gasteiger partial charge on any atom is -0.478 e. The summed E-state index contributed by atoms with van der Waals surface area (Å²) in [5.41, 5.74) is 2.79. The van der Waals surface area contributed by atoms with Gasteiger partial charge in [-0.1, -0.05) is 41.4 Å². The molecule has 3 aromatic rings. The molecule has 1 amide bonds. The fourth-order valence-corrected chi connectivity index (χ4v) is 7.52. The molecule has 2 atom stereocenters. The third-order valence-corrected chi connectivity index (χ3v) is 9.69. The molecule has 45 heavy (non-hydrogen) atoms. The fourth-order valence-electron chi connectivity index (χ4n) is 6.89. The van der Waals surface area contributed by atoms with Crippen LogP contribution in [0.15, 0.2) is 42.5 Å². The first-order valence-electron chi connectivity index (χ1n) is 15.1. The molecule has 3 fully saturated rings. The minimum atomic E-state index is -1.19. The van der Waals surface area contributed by atoms with Gasteiger partial charge in [0.15, 0.2) is 6.73 Å². The van der Waals surface area contributed by atoms with Crippen LogP contribution in [0.1, 0.15) is 46.0 Å². The molecule has 0 aliphatic carbocycles. The Morgan fingerprint density at radius 2 is 1.76 bits per heavy atom. The van der Waals surface area contributed by atoms with Crippen LogP contribution in [0.25, 0.3) is 11.1 Å². The number of carboxylic acids is 1. The van der Waals surface area contributed by atoms with Crippen molar-refractivity contribution < 1.29 is 33.3 Å². The minimum absolute atomic E-state index is 0.0336. The van der Waals surface area contributed by atoms with E-state index in [9.17, 15) is 14.7 Å². The number of halogens is 3. The number of rotatable bonds is 7. The summed E-state index contributed by atoms with van der Waals surface area (Å²) in [4.78, 5) is 31.5. The van der Waals surface area contributed by atoms with E-state index >= 15 is 4.39 Å². The van der Waals surface area contributed by atoms with Gasteiger partial charge in [-0.15, -0.1) is 0 Å². The van der Waals surface area contributed by atoms with Gasteiger partial charge >= 0.3 is 5.97 Å². The highest BCUT2D eigenvalue weighted by Crippen LogP contribution is 2.43. The van der Waals surface area contributed by atoms with Gasteiger partial charge in [0.25, 0.3) is 5.91 Å². The molecule has 4 aliphatic heterocycles. The van der Waals surface area contributed by atoms with Crippen molar-refractivity contribution in [3.63, 3.8) is 0 Å². The second kappa shape index (κ2) is 12.0. The fraction of sp³-hybridized carbons (Fsp3) is 0.394. The maximum Gasteiger partial charge on any atom is 0.337 e. The van der Waals surface area contributed by atoms with Crippen LogP contribution < -0.4 is 14.5 Å². The summed E-state index contributed by atoms with van der Waals surface area (Å²) >= 11 is 13.2. The summed E-state index contributed by atoms with van der Waals surface area (Å²) in [6, 6.07) is 11.6. The summed E-state index contributed by atoms with van der Waals surface area (Å²) in [5.74, 6) is -1.80. The zero-order chi connectivity index (χ0) is 31.4. The third kappa shape index (κ3) is 5.37. The van der Waals surface area contributed by atoms with Gasteiger partial charge in [-0.05, 0) is 44.0 Å². The van der Waals surface area contributed by atoms with E-state index in [1.165, 1.54) is 4.90 Å². The first-order valence-corrected chi connectivity index (χ1v) is 15.8. The van der Waals surface area contributed by atoms with E-state index in [4.69, 9.17) is 37.4 Å². The van der Waals surface area contributed by atoms with Crippen LogP contribution in [-0.4, -0.2) is 79.7 Å². The molecular weight excluding hydrogens is 624 g/mol.